The van der Waals surface area contributed by atoms with Gasteiger partial charge in [-0.25, -0.2) is 0 Å². The highest BCUT2D eigenvalue weighted by Crippen LogP contribution is 2.20. The zero-order valence-corrected chi connectivity index (χ0v) is 14.1. The fourth-order valence-electron chi connectivity index (χ4n) is 1.84. The second-order valence-electron chi connectivity index (χ2n) is 4.66. The topological polar surface area (TPSA) is 38.3 Å². The first-order valence-corrected chi connectivity index (χ1v) is 8.07. The number of halogens is 1. The lowest BCUT2D eigenvalue weighted by Gasteiger charge is -2.11. The third-order valence-corrected chi connectivity index (χ3v) is 3.71. The van der Waals surface area contributed by atoms with Crippen molar-refractivity contribution < 1.29 is 9.53 Å². The van der Waals surface area contributed by atoms with E-state index in [1.54, 1.807) is 6.07 Å². The van der Waals surface area contributed by atoms with Crippen molar-refractivity contribution in [2.24, 2.45) is 0 Å². The van der Waals surface area contributed by atoms with Gasteiger partial charge in [-0.1, -0.05) is 25.5 Å². The molecule has 0 radical (unpaired) electrons. The number of hydrogen-bond donors (Lipinski definition) is 1. The van der Waals surface area contributed by atoms with Crippen LogP contribution >= 0.6 is 22.6 Å². The van der Waals surface area contributed by atoms with E-state index in [0.717, 1.165) is 22.1 Å². The third kappa shape index (κ3) is 4.74. The molecule has 2 rings (SSSR count). The molecule has 4 heteroatoms. The molecule has 21 heavy (non-hydrogen) atoms. The zero-order valence-electron chi connectivity index (χ0n) is 11.9. The zero-order chi connectivity index (χ0) is 15.1. The van der Waals surface area contributed by atoms with Crippen LogP contribution in [0, 0.1) is 3.57 Å². The molecule has 0 fully saturated rings. The second kappa shape index (κ2) is 8.02. The van der Waals surface area contributed by atoms with Crippen molar-refractivity contribution in [1.29, 1.82) is 0 Å². The van der Waals surface area contributed by atoms with E-state index >= 15 is 0 Å². The van der Waals surface area contributed by atoms with E-state index < -0.39 is 0 Å². The fraction of sp³-hybridized carbons (Fsp3) is 0.235. The van der Waals surface area contributed by atoms with Gasteiger partial charge in [-0.3, -0.25) is 4.79 Å². The highest BCUT2D eigenvalue weighted by atomic mass is 127. The van der Waals surface area contributed by atoms with E-state index in [-0.39, 0.29) is 5.91 Å². The van der Waals surface area contributed by atoms with Gasteiger partial charge in [-0.2, -0.15) is 0 Å². The van der Waals surface area contributed by atoms with Crippen LogP contribution in [0.2, 0.25) is 0 Å². The van der Waals surface area contributed by atoms with E-state index in [0.29, 0.717) is 17.9 Å². The quantitative estimate of drug-likeness (QED) is 0.568. The Balaban J connectivity index is 2.09. The highest BCUT2D eigenvalue weighted by molar-refractivity contribution is 14.1. The minimum absolute atomic E-state index is 0.150. The maximum atomic E-state index is 12.4. The van der Waals surface area contributed by atoms with Crippen molar-refractivity contribution in [2.75, 3.05) is 11.9 Å². The highest BCUT2D eigenvalue weighted by Gasteiger charge is 2.12. The summed E-state index contributed by atoms with van der Waals surface area (Å²) in [6.07, 6.45) is 2.05. The van der Waals surface area contributed by atoms with Crippen molar-refractivity contribution in [1.82, 2.24) is 0 Å². The summed E-state index contributed by atoms with van der Waals surface area (Å²) < 4.78 is 6.83. The van der Waals surface area contributed by atoms with E-state index in [1.807, 2.05) is 42.5 Å². The average molecular weight is 395 g/mol. The minimum Gasteiger partial charge on any atom is -0.493 e. The summed E-state index contributed by atoms with van der Waals surface area (Å²) in [5, 5.41) is 2.89. The molecule has 0 saturated heterocycles. The molecule has 0 spiro atoms. The standard InChI is InChI=1S/C17H18INO2/c1-2-3-12-21-16-7-5-4-6-15(16)17(20)19-14-10-8-13(18)9-11-14/h4-11H,2-3,12H2,1H3,(H,19,20). The van der Waals surface area contributed by atoms with Crippen molar-refractivity contribution in [3.63, 3.8) is 0 Å². The van der Waals surface area contributed by atoms with Crippen LogP contribution in [-0.2, 0) is 0 Å². The molecular formula is C17H18INO2. The number of anilines is 1. The first-order chi connectivity index (χ1) is 10.2. The largest absolute Gasteiger partial charge is 0.493 e. The summed E-state index contributed by atoms with van der Waals surface area (Å²) in [5.74, 6) is 0.484. The van der Waals surface area contributed by atoms with Gasteiger partial charge >= 0.3 is 0 Å². The molecule has 0 aliphatic rings. The number of carbonyl (C=O) groups is 1. The molecule has 2 aromatic rings. The molecule has 110 valence electrons. The summed E-state index contributed by atoms with van der Waals surface area (Å²) in [6, 6.07) is 15.0. The Kier molecular flexibility index (Phi) is 6.04. The van der Waals surface area contributed by atoms with E-state index in [4.69, 9.17) is 4.74 Å². The summed E-state index contributed by atoms with van der Waals surface area (Å²) in [4.78, 5) is 12.4. The minimum atomic E-state index is -0.150. The molecule has 1 amide bonds. The van der Waals surface area contributed by atoms with Gasteiger partial charge in [0.05, 0.1) is 12.2 Å². The fourth-order valence-corrected chi connectivity index (χ4v) is 2.20. The number of ether oxygens (including phenoxy) is 1. The normalized spacial score (nSPS) is 10.2. The molecular weight excluding hydrogens is 377 g/mol. The van der Waals surface area contributed by atoms with E-state index in [1.165, 1.54) is 0 Å². The van der Waals surface area contributed by atoms with Gasteiger partial charge in [0, 0.05) is 9.26 Å². The molecule has 0 aromatic heterocycles. The summed E-state index contributed by atoms with van der Waals surface area (Å²) in [7, 11) is 0. The van der Waals surface area contributed by atoms with Gasteiger partial charge in [-0.15, -0.1) is 0 Å². The second-order valence-corrected chi connectivity index (χ2v) is 5.90. The van der Waals surface area contributed by atoms with Crippen LogP contribution in [0.4, 0.5) is 5.69 Å². The number of rotatable bonds is 6. The van der Waals surface area contributed by atoms with Crippen LogP contribution in [0.1, 0.15) is 30.1 Å². The third-order valence-electron chi connectivity index (χ3n) is 2.99. The van der Waals surface area contributed by atoms with Gasteiger partial charge in [0.2, 0.25) is 0 Å². The number of nitrogens with one attached hydrogen (secondary N) is 1. The SMILES string of the molecule is CCCCOc1ccccc1C(=O)Nc1ccc(I)cc1. The molecule has 1 N–H and O–H groups in total. The Hall–Kier alpha value is -1.56. The number of unbranched alkanes of at least 4 members (excludes halogenated alkanes) is 1. The van der Waals surface area contributed by atoms with Crippen LogP contribution < -0.4 is 10.1 Å². The molecule has 0 unspecified atom stereocenters. The van der Waals surface area contributed by atoms with Crippen LogP contribution in [0.5, 0.6) is 5.75 Å². The lowest BCUT2D eigenvalue weighted by atomic mass is 10.2. The molecule has 2 aromatic carbocycles. The molecule has 0 aliphatic heterocycles. The maximum Gasteiger partial charge on any atom is 0.259 e. The summed E-state index contributed by atoms with van der Waals surface area (Å²) in [5.41, 5.74) is 1.34. The number of para-hydroxylation sites is 1. The number of benzene rings is 2. The smallest absolute Gasteiger partial charge is 0.259 e. The maximum absolute atomic E-state index is 12.4. The van der Waals surface area contributed by atoms with E-state index in [2.05, 4.69) is 34.8 Å². The lowest BCUT2D eigenvalue weighted by molar-refractivity contribution is 0.102. The number of carbonyl (C=O) groups excluding carboxylic acids is 1. The Labute approximate surface area is 138 Å². The van der Waals surface area contributed by atoms with Gasteiger partial charge in [0.25, 0.3) is 5.91 Å². The van der Waals surface area contributed by atoms with Crippen molar-refractivity contribution >= 4 is 34.2 Å². The van der Waals surface area contributed by atoms with Crippen molar-refractivity contribution in [2.45, 2.75) is 19.8 Å². The predicted molar refractivity (Wildman–Crippen MR) is 94.0 cm³/mol. The van der Waals surface area contributed by atoms with Crippen molar-refractivity contribution in [3.05, 3.63) is 57.7 Å². The van der Waals surface area contributed by atoms with Gasteiger partial charge in [0.15, 0.2) is 0 Å². The predicted octanol–water partition coefficient (Wildman–Crippen LogP) is 4.72. The van der Waals surface area contributed by atoms with Gasteiger partial charge in [0.1, 0.15) is 5.75 Å². The molecule has 3 nitrogen and oxygen atoms in total. The molecule has 0 atom stereocenters. The van der Waals surface area contributed by atoms with E-state index in [9.17, 15) is 4.79 Å². The lowest BCUT2D eigenvalue weighted by Crippen LogP contribution is -2.13. The summed E-state index contributed by atoms with van der Waals surface area (Å²) >= 11 is 2.23. The average Bonchev–Trinajstić information content (AvgIpc) is 2.50. The molecule has 0 bridgehead atoms. The number of amides is 1. The Morgan fingerprint density at radius 2 is 1.86 bits per heavy atom. The molecule has 0 saturated carbocycles. The van der Waals surface area contributed by atoms with Crippen molar-refractivity contribution in [3.8, 4) is 5.75 Å². The first-order valence-electron chi connectivity index (χ1n) is 6.99. The van der Waals surface area contributed by atoms with Crippen LogP contribution in [0.3, 0.4) is 0 Å². The van der Waals surface area contributed by atoms with Gasteiger partial charge < -0.3 is 10.1 Å². The Morgan fingerprint density at radius 1 is 1.14 bits per heavy atom. The Bertz CT molecular complexity index is 596. The monoisotopic (exact) mass is 395 g/mol. The Morgan fingerprint density at radius 3 is 2.57 bits per heavy atom. The van der Waals surface area contributed by atoms with Crippen LogP contribution in [-0.4, -0.2) is 12.5 Å². The first kappa shape index (κ1) is 15.8. The molecule has 0 heterocycles. The molecule has 0 aliphatic carbocycles. The number of hydrogen-bond acceptors (Lipinski definition) is 2. The van der Waals surface area contributed by atoms with Gasteiger partial charge in [-0.05, 0) is 65.4 Å². The summed E-state index contributed by atoms with van der Waals surface area (Å²) in [6.45, 7) is 2.74. The van der Waals surface area contributed by atoms with Crippen LogP contribution in [0.25, 0.3) is 0 Å². The van der Waals surface area contributed by atoms with Crippen LogP contribution in [0.15, 0.2) is 48.5 Å².